The largest absolute Gasteiger partial charge is 0.507 e. The molecule has 2 aliphatic heterocycles. The molecule has 1 saturated heterocycles. The summed E-state index contributed by atoms with van der Waals surface area (Å²) < 4.78 is 13.2. The Morgan fingerprint density at radius 2 is 2.35 bits per heavy atom. The number of benzene rings is 1. The first-order valence-corrected chi connectivity index (χ1v) is 6.97. The Labute approximate surface area is 119 Å². The molecule has 0 saturated carbocycles. The average molecular weight is 293 g/mol. The number of halogens is 1. The molecule has 0 spiro atoms. The van der Waals surface area contributed by atoms with Crippen molar-refractivity contribution in [3.63, 3.8) is 0 Å². The fourth-order valence-electron chi connectivity index (χ4n) is 1.99. The van der Waals surface area contributed by atoms with Crippen LogP contribution in [0.1, 0.15) is 12.0 Å². The minimum atomic E-state index is -0.465. The lowest BCUT2D eigenvalue weighted by Gasteiger charge is -2.15. The van der Waals surface area contributed by atoms with Gasteiger partial charge in [-0.25, -0.2) is 9.82 Å². The molecule has 2 N–H and O–H groups in total. The van der Waals surface area contributed by atoms with E-state index in [1.807, 2.05) is 5.01 Å². The van der Waals surface area contributed by atoms with E-state index in [0.717, 1.165) is 25.6 Å². The molecule has 0 aromatic heterocycles. The smallest absolute Gasteiger partial charge is 0.286 e. The minimum Gasteiger partial charge on any atom is -0.507 e. The molecule has 1 fully saturated rings. The molecule has 1 aromatic carbocycles. The molecule has 7 heteroatoms. The van der Waals surface area contributed by atoms with Crippen molar-refractivity contribution in [3.8, 4) is 5.75 Å². The molecule has 0 unspecified atom stereocenters. The van der Waals surface area contributed by atoms with Crippen LogP contribution in [-0.4, -0.2) is 34.3 Å². The Morgan fingerprint density at radius 1 is 1.50 bits per heavy atom. The number of phenols is 1. The number of carbonyl (C=O) groups is 1. The van der Waals surface area contributed by atoms with E-state index in [9.17, 15) is 14.3 Å². The Morgan fingerprint density at radius 3 is 3.10 bits per heavy atom. The number of aliphatic imine (C=N–C) groups is 1. The molecule has 0 bridgehead atoms. The normalized spacial score (nSPS) is 20.9. The maximum Gasteiger partial charge on any atom is 0.286 e. The minimum absolute atomic E-state index is 0.0694. The monoisotopic (exact) mass is 293 g/mol. The van der Waals surface area contributed by atoms with Crippen molar-refractivity contribution in [1.82, 2.24) is 10.4 Å². The summed E-state index contributed by atoms with van der Waals surface area (Å²) in [5.41, 5.74) is 3.39. The summed E-state index contributed by atoms with van der Waals surface area (Å²) in [7, 11) is 0. The van der Waals surface area contributed by atoms with E-state index < -0.39 is 5.82 Å². The lowest BCUT2D eigenvalue weighted by Crippen LogP contribution is -2.34. The first-order valence-electron chi connectivity index (χ1n) is 6.15. The van der Waals surface area contributed by atoms with Crippen LogP contribution in [0.5, 0.6) is 5.75 Å². The van der Waals surface area contributed by atoms with Gasteiger partial charge in [0.05, 0.1) is 4.91 Å². The van der Waals surface area contributed by atoms with E-state index in [4.69, 9.17) is 0 Å². The molecule has 20 heavy (non-hydrogen) atoms. The molecule has 0 aliphatic carbocycles. The van der Waals surface area contributed by atoms with Gasteiger partial charge in [-0.2, -0.15) is 4.99 Å². The second-order valence-electron chi connectivity index (χ2n) is 4.43. The van der Waals surface area contributed by atoms with Crippen LogP contribution in [0.15, 0.2) is 28.1 Å². The van der Waals surface area contributed by atoms with Crippen LogP contribution in [-0.2, 0) is 4.79 Å². The van der Waals surface area contributed by atoms with Crippen molar-refractivity contribution in [2.24, 2.45) is 4.99 Å². The van der Waals surface area contributed by atoms with Gasteiger partial charge in [0.2, 0.25) is 0 Å². The van der Waals surface area contributed by atoms with E-state index in [1.165, 1.54) is 30.0 Å². The summed E-state index contributed by atoms with van der Waals surface area (Å²) in [5, 5.41) is 12.1. The van der Waals surface area contributed by atoms with Gasteiger partial charge in [0.25, 0.3) is 5.91 Å². The summed E-state index contributed by atoms with van der Waals surface area (Å²) in [6.07, 6.45) is 2.45. The Hall–Kier alpha value is -1.86. The van der Waals surface area contributed by atoms with Crippen molar-refractivity contribution in [2.75, 3.05) is 13.1 Å². The third kappa shape index (κ3) is 2.54. The summed E-state index contributed by atoms with van der Waals surface area (Å²) in [5.74, 6) is -0.908. The predicted molar refractivity (Wildman–Crippen MR) is 75.4 cm³/mol. The van der Waals surface area contributed by atoms with Crippen LogP contribution < -0.4 is 5.43 Å². The van der Waals surface area contributed by atoms with Crippen molar-refractivity contribution < 1.29 is 14.3 Å². The van der Waals surface area contributed by atoms with Crippen LogP contribution in [0, 0.1) is 5.82 Å². The quantitative estimate of drug-likeness (QED) is 0.772. The summed E-state index contributed by atoms with van der Waals surface area (Å²) in [4.78, 5) is 16.2. The third-order valence-electron chi connectivity index (χ3n) is 2.98. The second kappa shape index (κ2) is 5.26. The van der Waals surface area contributed by atoms with Crippen molar-refractivity contribution >= 4 is 28.9 Å². The molecule has 5 nitrogen and oxygen atoms in total. The zero-order chi connectivity index (χ0) is 14.1. The van der Waals surface area contributed by atoms with Gasteiger partial charge < -0.3 is 5.11 Å². The maximum atomic E-state index is 13.2. The first kappa shape index (κ1) is 13.1. The number of aromatic hydroxyl groups is 1. The highest BCUT2D eigenvalue weighted by atomic mass is 32.2. The number of amidine groups is 1. The number of hydrogen-bond donors (Lipinski definition) is 2. The number of nitrogens with one attached hydrogen (secondary N) is 1. The molecular weight excluding hydrogens is 281 g/mol. The molecule has 1 aromatic rings. The third-order valence-corrected chi connectivity index (χ3v) is 3.98. The van der Waals surface area contributed by atoms with Gasteiger partial charge in [-0.15, -0.1) is 0 Å². The number of carbonyl (C=O) groups excluding carboxylic acids is 1. The molecule has 3 rings (SSSR count). The van der Waals surface area contributed by atoms with Gasteiger partial charge in [0, 0.05) is 18.7 Å². The van der Waals surface area contributed by atoms with Crippen molar-refractivity contribution in [3.05, 3.63) is 34.5 Å². The zero-order valence-electron chi connectivity index (χ0n) is 10.5. The number of phenolic OH excluding ortho intramolecular Hbond substituents is 1. The van der Waals surface area contributed by atoms with Gasteiger partial charge in [0.1, 0.15) is 11.6 Å². The van der Waals surface area contributed by atoms with E-state index >= 15 is 0 Å². The van der Waals surface area contributed by atoms with Crippen LogP contribution in [0.4, 0.5) is 4.39 Å². The number of hydrogen-bond acceptors (Lipinski definition) is 5. The molecular formula is C13H12FN3O2S. The first-order chi connectivity index (χ1) is 9.63. The van der Waals surface area contributed by atoms with Gasteiger partial charge in [-0.3, -0.25) is 9.80 Å². The van der Waals surface area contributed by atoms with Gasteiger partial charge in [0.15, 0.2) is 5.17 Å². The molecule has 0 atom stereocenters. The second-order valence-corrected chi connectivity index (χ2v) is 5.44. The Kier molecular flexibility index (Phi) is 3.45. The highest BCUT2D eigenvalue weighted by Crippen LogP contribution is 2.32. The highest BCUT2D eigenvalue weighted by molar-refractivity contribution is 8.18. The van der Waals surface area contributed by atoms with Gasteiger partial charge >= 0.3 is 0 Å². The highest BCUT2D eigenvalue weighted by Gasteiger charge is 2.27. The summed E-state index contributed by atoms with van der Waals surface area (Å²) in [6, 6.07) is 3.61. The SMILES string of the molecule is O=C1N=C(N2CCCN2)SC1=Cc1cc(F)ccc1O. The van der Waals surface area contributed by atoms with Crippen LogP contribution >= 0.6 is 11.8 Å². The molecule has 1 amide bonds. The van der Waals surface area contributed by atoms with Crippen LogP contribution in [0.2, 0.25) is 0 Å². The Balaban J connectivity index is 1.83. The lowest BCUT2D eigenvalue weighted by molar-refractivity contribution is -0.113. The fourth-order valence-corrected chi connectivity index (χ4v) is 2.90. The van der Waals surface area contributed by atoms with Gasteiger partial charge in [-0.1, -0.05) is 0 Å². The standard InChI is InChI=1S/C13H12FN3O2S/c14-9-2-3-10(18)8(6-9)7-11-12(19)16-13(20-11)17-5-1-4-15-17/h2-3,6-7,15,18H,1,4-5H2. The van der Waals surface area contributed by atoms with Crippen LogP contribution in [0.25, 0.3) is 6.08 Å². The molecule has 104 valence electrons. The van der Waals surface area contributed by atoms with Crippen molar-refractivity contribution in [1.29, 1.82) is 0 Å². The average Bonchev–Trinajstić information content (AvgIpc) is 3.04. The number of thioether (sulfide) groups is 1. The number of hydrazine groups is 1. The molecule has 2 aliphatic rings. The van der Waals surface area contributed by atoms with E-state index in [-0.39, 0.29) is 17.2 Å². The van der Waals surface area contributed by atoms with Crippen LogP contribution in [0.3, 0.4) is 0 Å². The maximum absolute atomic E-state index is 13.2. The predicted octanol–water partition coefficient (Wildman–Crippen LogP) is 1.71. The topological polar surface area (TPSA) is 64.9 Å². The number of nitrogens with zero attached hydrogens (tertiary/aromatic N) is 2. The van der Waals surface area contributed by atoms with Gasteiger partial charge in [-0.05, 0) is 42.5 Å². The zero-order valence-corrected chi connectivity index (χ0v) is 11.3. The summed E-state index contributed by atoms with van der Waals surface area (Å²) >= 11 is 1.22. The fraction of sp³-hybridized carbons (Fsp3) is 0.231. The summed E-state index contributed by atoms with van der Waals surface area (Å²) in [6.45, 7) is 1.66. The van der Waals surface area contributed by atoms with E-state index in [2.05, 4.69) is 10.4 Å². The van der Waals surface area contributed by atoms with E-state index in [0.29, 0.717) is 10.1 Å². The Bertz CT molecular complexity index is 624. The number of amides is 1. The number of rotatable bonds is 1. The van der Waals surface area contributed by atoms with E-state index in [1.54, 1.807) is 0 Å². The van der Waals surface area contributed by atoms with Crippen molar-refractivity contribution in [2.45, 2.75) is 6.42 Å². The molecule has 0 radical (unpaired) electrons. The molecule has 2 heterocycles. The lowest BCUT2D eigenvalue weighted by atomic mass is 10.2.